The molecule has 1 saturated heterocycles. The number of anilines is 1. The fourth-order valence-electron chi connectivity index (χ4n) is 2.03. The van der Waals surface area contributed by atoms with E-state index in [4.69, 9.17) is 5.11 Å². The van der Waals surface area contributed by atoms with Crippen LogP contribution in [0.25, 0.3) is 0 Å². The average molecular weight is 341 g/mol. The predicted molar refractivity (Wildman–Crippen MR) is 75.5 cm³/mol. The van der Waals surface area contributed by atoms with Crippen molar-refractivity contribution in [3.05, 3.63) is 28.2 Å². The molecule has 0 radical (unpaired) electrons. The van der Waals surface area contributed by atoms with Gasteiger partial charge < -0.3 is 15.3 Å². The van der Waals surface area contributed by atoms with Crippen LogP contribution >= 0.6 is 15.9 Å². The molecule has 106 valence electrons. The molecule has 1 aromatic rings. The molecule has 0 aromatic heterocycles. The lowest BCUT2D eigenvalue weighted by Crippen LogP contribution is -2.33. The van der Waals surface area contributed by atoms with Crippen LogP contribution in [0.3, 0.4) is 0 Å². The summed E-state index contributed by atoms with van der Waals surface area (Å²) < 4.78 is 0.560. The van der Waals surface area contributed by atoms with Crippen molar-refractivity contribution >= 4 is 39.4 Å². The first-order valence-electron chi connectivity index (χ1n) is 6.07. The second-order valence-electron chi connectivity index (χ2n) is 4.50. The number of benzene rings is 1. The van der Waals surface area contributed by atoms with Gasteiger partial charge in [0.05, 0.1) is 12.1 Å². The first-order valence-corrected chi connectivity index (χ1v) is 6.86. The molecule has 1 aromatic carbocycles. The number of hydrogen-bond donors (Lipinski definition) is 2. The molecule has 20 heavy (non-hydrogen) atoms. The van der Waals surface area contributed by atoms with Crippen LogP contribution in [-0.2, 0) is 9.59 Å². The Kier molecular flexibility index (Phi) is 4.39. The molecule has 0 bridgehead atoms. The maximum atomic E-state index is 11.8. The molecular formula is C13H13BrN2O4. The number of rotatable bonds is 4. The number of carboxylic acids is 1. The molecule has 2 rings (SSSR count). The van der Waals surface area contributed by atoms with Crippen molar-refractivity contribution in [2.24, 2.45) is 0 Å². The Morgan fingerprint density at radius 3 is 2.70 bits per heavy atom. The molecule has 1 aliphatic rings. The van der Waals surface area contributed by atoms with Crippen molar-refractivity contribution < 1.29 is 19.5 Å². The summed E-state index contributed by atoms with van der Waals surface area (Å²) in [4.78, 5) is 35.7. The average Bonchev–Trinajstić information content (AvgIpc) is 2.74. The first-order chi connectivity index (χ1) is 9.45. The van der Waals surface area contributed by atoms with E-state index < -0.39 is 5.97 Å². The van der Waals surface area contributed by atoms with E-state index in [1.165, 1.54) is 17.0 Å². The lowest BCUT2D eigenvalue weighted by molar-refractivity contribution is -0.131. The molecule has 6 nitrogen and oxygen atoms in total. The van der Waals surface area contributed by atoms with Crippen LogP contribution in [0.2, 0.25) is 0 Å². The summed E-state index contributed by atoms with van der Waals surface area (Å²) in [5.41, 5.74) is 0.459. The van der Waals surface area contributed by atoms with E-state index in [-0.39, 0.29) is 23.9 Å². The summed E-state index contributed by atoms with van der Waals surface area (Å²) in [5.74, 6) is -1.44. The maximum absolute atomic E-state index is 11.8. The SMILES string of the molecule is O=C(CN1CCCC1=O)Nc1cc(Br)cc(C(=O)O)c1. The number of halogens is 1. The molecule has 2 amide bonds. The normalized spacial score (nSPS) is 14.4. The smallest absolute Gasteiger partial charge is 0.335 e. The van der Waals surface area contributed by atoms with Gasteiger partial charge in [-0.1, -0.05) is 15.9 Å². The van der Waals surface area contributed by atoms with Crippen LogP contribution < -0.4 is 5.32 Å². The monoisotopic (exact) mass is 340 g/mol. The van der Waals surface area contributed by atoms with Gasteiger partial charge in [-0.2, -0.15) is 0 Å². The minimum Gasteiger partial charge on any atom is -0.478 e. The Hall–Kier alpha value is -1.89. The Morgan fingerprint density at radius 2 is 2.10 bits per heavy atom. The highest BCUT2D eigenvalue weighted by atomic mass is 79.9. The highest BCUT2D eigenvalue weighted by molar-refractivity contribution is 9.10. The van der Waals surface area contributed by atoms with Gasteiger partial charge in [0.2, 0.25) is 11.8 Å². The number of amides is 2. The second-order valence-corrected chi connectivity index (χ2v) is 5.42. The van der Waals surface area contributed by atoms with Crippen molar-refractivity contribution in [3.8, 4) is 0 Å². The zero-order chi connectivity index (χ0) is 14.7. The fraction of sp³-hybridized carbons (Fsp3) is 0.308. The van der Waals surface area contributed by atoms with Crippen molar-refractivity contribution in [2.75, 3.05) is 18.4 Å². The lowest BCUT2D eigenvalue weighted by Gasteiger charge is -2.15. The number of aromatic carboxylic acids is 1. The number of carbonyl (C=O) groups excluding carboxylic acids is 2. The number of carboxylic acid groups (broad SMARTS) is 1. The molecule has 0 unspecified atom stereocenters. The van der Waals surface area contributed by atoms with Gasteiger partial charge in [-0.25, -0.2) is 4.79 Å². The molecule has 0 aliphatic carbocycles. The van der Waals surface area contributed by atoms with Gasteiger partial charge in [0.15, 0.2) is 0 Å². The van der Waals surface area contributed by atoms with E-state index in [1.807, 2.05) is 0 Å². The van der Waals surface area contributed by atoms with Crippen molar-refractivity contribution in [1.29, 1.82) is 0 Å². The van der Waals surface area contributed by atoms with Gasteiger partial charge in [-0.05, 0) is 24.6 Å². The van der Waals surface area contributed by atoms with Crippen LogP contribution in [0, 0.1) is 0 Å². The van der Waals surface area contributed by atoms with Gasteiger partial charge in [0, 0.05) is 23.1 Å². The van der Waals surface area contributed by atoms with E-state index in [9.17, 15) is 14.4 Å². The number of nitrogens with zero attached hydrogens (tertiary/aromatic N) is 1. The number of nitrogens with one attached hydrogen (secondary N) is 1. The van der Waals surface area contributed by atoms with E-state index >= 15 is 0 Å². The number of likely N-dealkylation sites (tertiary alicyclic amines) is 1. The Morgan fingerprint density at radius 1 is 1.35 bits per heavy atom. The topological polar surface area (TPSA) is 86.7 Å². The Bertz CT molecular complexity index is 573. The van der Waals surface area contributed by atoms with Crippen LogP contribution in [0.1, 0.15) is 23.2 Å². The fourth-order valence-corrected chi connectivity index (χ4v) is 2.52. The van der Waals surface area contributed by atoms with Crippen molar-refractivity contribution in [1.82, 2.24) is 4.90 Å². The van der Waals surface area contributed by atoms with E-state index in [2.05, 4.69) is 21.2 Å². The third-order valence-corrected chi connectivity index (χ3v) is 3.39. The van der Waals surface area contributed by atoms with Crippen LogP contribution in [0.15, 0.2) is 22.7 Å². The van der Waals surface area contributed by atoms with E-state index in [0.717, 1.165) is 6.42 Å². The molecule has 0 atom stereocenters. The van der Waals surface area contributed by atoms with E-state index in [0.29, 0.717) is 23.1 Å². The predicted octanol–water partition coefficient (Wildman–Crippen LogP) is 1.71. The van der Waals surface area contributed by atoms with Crippen molar-refractivity contribution in [3.63, 3.8) is 0 Å². The molecule has 1 aliphatic heterocycles. The van der Waals surface area contributed by atoms with Crippen LogP contribution in [0.5, 0.6) is 0 Å². The minimum atomic E-state index is -1.07. The molecule has 0 spiro atoms. The summed E-state index contributed by atoms with van der Waals surface area (Å²) in [6.45, 7) is 0.582. The molecular weight excluding hydrogens is 328 g/mol. The standard InChI is InChI=1S/C13H13BrN2O4/c14-9-4-8(13(19)20)5-10(6-9)15-11(17)7-16-3-1-2-12(16)18/h4-6H,1-3,7H2,(H,15,17)(H,19,20). The number of carbonyl (C=O) groups is 3. The highest BCUT2D eigenvalue weighted by Gasteiger charge is 2.22. The van der Waals surface area contributed by atoms with Gasteiger partial charge in [-0.3, -0.25) is 9.59 Å². The Labute approximate surface area is 123 Å². The lowest BCUT2D eigenvalue weighted by atomic mass is 10.2. The zero-order valence-electron chi connectivity index (χ0n) is 10.6. The summed E-state index contributed by atoms with van der Waals surface area (Å²) in [5, 5.41) is 11.5. The molecule has 2 N–H and O–H groups in total. The van der Waals surface area contributed by atoms with Gasteiger partial charge in [0.25, 0.3) is 0 Å². The van der Waals surface area contributed by atoms with Crippen molar-refractivity contribution in [2.45, 2.75) is 12.8 Å². The minimum absolute atomic E-state index is 0.00620. The van der Waals surface area contributed by atoms with Gasteiger partial charge >= 0.3 is 5.97 Å². The maximum Gasteiger partial charge on any atom is 0.335 e. The molecule has 1 fully saturated rings. The van der Waals surface area contributed by atoms with Crippen LogP contribution in [0.4, 0.5) is 5.69 Å². The van der Waals surface area contributed by atoms with Gasteiger partial charge in [0.1, 0.15) is 0 Å². The summed E-state index contributed by atoms with van der Waals surface area (Å²) in [6, 6.07) is 4.43. The largest absolute Gasteiger partial charge is 0.478 e. The zero-order valence-corrected chi connectivity index (χ0v) is 12.1. The molecule has 7 heteroatoms. The second kappa shape index (κ2) is 6.04. The quantitative estimate of drug-likeness (QED) is 0.873. The Balaban J connectivity index is 2.04. The van der Waals surface area contributed by atoms with E-state index in [1.54, 1.807) is 6.07 Å². The highest BCUT2D eigenvalue weighted by Crippen LogP contribution is 2.20. The molecule has 0 saturated carbocycles. The third kappa shape index (κ3) is 3.57. The first kappa shape index (κ1) is 14.5. The summed E-state index contributed by atoms with van der Waals surface area (Å²) >= 11 is 3.19. The summed E-state index contributed by atoms with van der Waals surface area (Å²) in [7, 11) is 0. The van der Waals surface area contributed by atoms with Crippen LogP contribution in [-0.4, -0.2) is 40.9 Å². The molecule has 1 heterocycles. The number of hydrogen-bond acceptors (Lipinski definition) is 3. The third-order valence-electron chi connectivity index (χ3n) is 2.93. The summed E-state index contributed by atoms with van der Waals surface area (Å²) in [6.07, 6.45) is 1.25. The van der Waals surface area contributed by atoms with Gasteiger partial charge in [-0.15, -0.1) is 0 Å².